The van der Waals surface area contributed by atoms with Crippen molar-refractivity contribution in [1.29, 1.82) is 0 Å². The van der Waals surface area contributed by atoms with Crippen LogP contribution in [0.25, 0.3) is 11.3 Å². The first-order valence-electron chi connectivity index (χ1n) is 11.9. The van der Waals surface area contributed by atoms with Crippen molar-refractivity contribution >= 4 is 5.91 Å². The normalized spacial score (nSPS) is 15.8. The standard InChI is InChI=1S/C27H27FN4O3/c1-2-34-25-12-4-3-10-21(25)22-16-23(31-30-22)27(33)32-13-6-5-11-24(32)26-29-17-20(35-26)15-18-8-7-9-19(28)14-18/h3-4,7-10,12,14,16-17,24H,2,5-6,11,13,15H2,1H3,(H,30,31). The molecule has 2 aromatic carbocycles. The van der Waals surface area contributed by atoms with Crippen LogP contribution in [-0.4, -0.2) is 39.1 Å². The quantitative estimate of drug-likeness (QED) is 0.379. The molecule has 1 N–H and O–H groups in total. The number of likely N-dealkylation sites (tertiary alicyclic amines) is 1. The molecule has 3 heterocycles. The van der Waals surface area contributed by atoms with E-state index >= 15 is 0 Å². The molecule has 4 aromatic rings. The van der Waals surface area contributed by atoms with Crippen LogP contribution in [0.4, 0.5) is 4.39 Å². The van der Waals surface area contributed by atoms with E-state index in [2.05, 4.69) is 15.2 Å². The Morgan fingerprint density at radius 3 is 2.94 bits per heavy atom. The zero-order chi connectivity index (χ0) is 24.2. The monoisotopic (exact) mass is 474 g/mol. The maximum Gasteiger partial charge on any atom is 0.272 e. The number of aromatic nitrogens is 3. The van der Waals surface area contributed by atoms with Gasteiger partial charge in [0.2, 0.25) is 5.89 Å². The maximum absolute atomic E-state index is 13.5. The van der Waals surface area contributed by atoms with Crippen molar-refractivity contribution in [2.45, 2.75) is 38.6 Å². The first-order valence-corrected chi connectivity index (χ1v) is 11.9. The molecule has 1 amide bonds. The zero-order valence-electron chi connectivity index (χ0n) is 19.5. The minimum Gasteiger partial charge on any atom is -0.493 e. The minimum atomic E-state index is -0.283. The molecule has 0 aliphatic carbocycles. The topological polar surface area (TPSA) is 84.2 Å². The zero-order valence-corrected chi connectivity index (χ0v) is 19.5. The Hall–Kier alpha value is -3.94. The van der Waals surface area contributed by atoms with Crippen LogP contribution < -0.4 is 4.74 Å². The largest absolute Gasteiger partial charge is 0.493 e. The summed E-state index contributed by atoms with van der Waals surface area (Å²) in [5.74, 6) is 1.44. The summed E-state index contributed by atoms with van der Waals surface area (Å²) in [6.45, 7) is 3.08. The summed E-state index contributed by atoms with van der Waals surface area (Å²) in [7, 11) is 0. The van der Waals surface area contributed by atoms with Crippen LogP contribution in [0.3, 0.4) is 0 Å². The van der Waals surface area contributed by atoms with Gasteiger partial charge < -0.3 is 14.1 Å². The van der Waals surface area contributed by atoms with Crippen molar-refractivity contribution in [1.82, 2.24) is 20.1 Å². The van der Waals surface area contributed by atoms with Gasteiger partial charge in [0.05, 0.1) is 18.5 Å². The van der Waals surface area contributed by atoms with Gasteiger partial charge in [-0.1, -0.05) is 24.3 Å². The minimum absolute atomic E-state index is 0.146. The van der Waals surface area contributed by atoms with E-state index in [0.29, 0.717) is 42.6 Å². The molecule has 1 aliphatic heterocycles. The molecule has 0 bridgehead atoms. The smallest absolute Gasteiger partial charge is 0.272 e. The van der Waals surface area contributed by atoms with Crippen LogP contribution >= 0.6 is 0 Å². The van der Waals surface area contributed by atoms with Gasteiger partial charge in [0.25, 0.3) is 5.91 Å². The van der Waals surface area contributed by atoms with Crippen molar-refractivity contribution in [2.24, 2.45) is 0 Å². The molecular weight excluding hydrogens is 447 g/mol. The molecule has 0 radical (unpaired) electrons. The lowest BCUT2D eigenvalue weighted by molar-refractivity contribution is 0.0564. The molecule has 0 spiro atoms. The number of oxazole rings is 1. The molecule has 1 unspecified atom stereocenters. The number of carbonyl (C=O) groups excluding carboxylic acids is 1. The Labute approximate surface area is 202 Å². The third-order valence-electron chi connectivity index (χ3n) is 6.16. The highest BCUT2D eigenvalue weighted by atomic mass is 19.1. The number of nitrogens with zero attached hydrogens (tertiary/aromatic N) is 3. The third kappa shape index (κ3) is 4.96. The molecule has 8 heteroatoms. The molecule has 2 aromatic heterocycles. The summed E-state index contributed by atoms with van der Waals surface area (Å²) in [5, 5.41) is 7.28. The second kappa shape index (κ2) is 10.1. The Morgan fingerprint density at radius 1 is 1.20 bits per heavy atom. The number of hydrogen-bond acceptors (Lipinski definition) is 5. The van der Waals surface area contributed by atoms with E-state index in [-0.39, 0.29) is 17.8 Å². The SMILES string of the molecule is CCOc1ccccc1-c1cc(C(=O)N2CCCCC2c2ncc(Cc3cccc(F)c3)o2)[nH]n1. The lowest BCUT2D eigenvalue weighted by atomic mass is 10.0. The number of carbonyl (C=O) groups is 1. The van der Waals surface area contributed by atoms with Crippen LogP contribution in [-0.2, 0) is 6.42 Å². The number of para-hydroxylation sites is 1. The highest BCUT2D eigenvalue weighted by Gasteiger charge is 2.33. The van der Waals surface area contributed by atoms with Crippen LogP contribution in [0.2, 0.25) is 0 Å². The number of ether oxygens (including phenoxy) is 1. The number of hydrogen-bond donors (Lipinski definition) is 1. The number of benzene rings is 2. The summed E-state index contributed by atoms with van der Waals surface area (Å²) in [6.07, 6.45) is 4.75. The van der Waals surface area contributed by atoms with Crippen molar-refractivity contribution < 1.29 is 18.3 Å². The van der Waals surface area contributed by atoms with Gasteiger partial charge in [-0.15, -0.1) is 0 Å². The fourth-order valence-electron chi connectivity index (χ4n) is 4.52. The van der Waals surface area contributed by atoms with Gasteiger partial charge in [-0.05, 0) is 62.1 Å². The van der Waals surface area contributed by atoms with E-state index < -0.39 is 0 Å². The third-order valence-corrected chi connectivity index (χ3v) is 6.16. The Bertz CT molecular complexity index is 1320. The van der Waals surface area contributed by atoms with Gasteiger partial charge >= 0.3 is 0 Å². The van der Waals surface area contributed by atoms with E-state index in [1.54, 1.807) is 23.2 Å². The molecule has 1 fully saturated rings. The van der Waals surface area contributed by atoms with Gasteiger partial charge in [0.15, 0.2) is 0 Å². The molecular formula is C27H27FN4O3. The highest BCUT2D eigenvalue weighted by molar-refractivity contribution is 5.94. The Balaban J connectivity index is 1.35. The summed E-state index contributed by atoms with van der Waals surface area (Å²) in [5.41, 5.74) is 2.69. The van der Waals surface area contributed by atoms with Gasteiger partial charge in [0.1, 0.15) is 29.1 Å². The van der Waals surface area contributed by atoms with E-state index in [4.69, 9.17) is 9.15 Å². The van der Waals surface area contributed by atoms with Crippen molar-refractivity contribution in [3.8, 4) is 17.0 Å². The average molecular weight is 475 g/mol. The van der Waals surface area contributed by atoms with Gasteiger partial charge in [0, 0.05) is 18.5 Å². The number of aromatic amines is 1. The molecule has 35 heavy (non-hydrogen) atoms. The number of piperidine rings is 1. The second-order valence-corrected chi connectivity index (χ2v) is 8.58. The van der Waals surface area contributed by atoms with E-state index in [0.717, 1.165) is 36.1 Å². The molecule has 5 rings (SSSR count). The molecule has 1 saturated heterocycles. The predicted octanol–water partition coefficient (Wildman–Crippen LogP) is 5.56. The van der Waals surface area contributed by atoms with E-state index in [1.165, 1.54) is 12.1 Å². The van der Waals surface area contributed by atoms with Crippen molar-refractivity contribution in [3.63, 3.8) is 0 Å². The molecule has 1 aliphatic rings. The van der Waals surface area contributed by atoms with Crippen LogP contribution in [0.15, 0.2) is 65.2 Å². The summed E-state index contributed by atoms with van der Waals surface area (Å²) in [6, 6.07) is 15.6. The fourth-order valence-corrected chi connectivity index (χ4v) is 4.52. The lowest BCUT2D eigenvalue weighted by Gasteiger charge is -2.33. The maximum atomic E-state index is 13.5. The van der Waals surface area contributed by atoms with Crippen molar-refractivity contribution in [2.75, 3.05) is 13.2 Å². The second-order valence-electron chi connectivity index (χ2n) is 8.58. The van der Waals surface area contributed by atoms with Crippen LogP contribution in [0.1, 0.15) is 59.9 Å². The molecule has 180 valence electrons. The Kier molecular flexibility index (Phi) is 6.61. The van der Waals surface area contributed by atoms with Gasteiger partial charge in [-0.3, -0.25) is 9.89 Å². The number of amides is 1. The summed E-state index contributed by atoms with van der Waals surface area (Å²) >= 11 is 0. The molecule has 7 nitrogen and oxygen atoms in total. The summed E-state index contributed by atoms with van der Waals surface area (Å²) < 4.78 is 25.3. The van der Waals surface area contributed by atoms with Crippen LogP contribution in [0, 0.1) is 5.82 Å². The van der Waals surface area contributed by atoms with Gasteiger partial charge in [-0.25, -0.2) is 9.37 Å². The summed E-state index contributed by atoms with van der Waals surface area (Å²) in [4.78, 5) is 19.8. The number of rotatable bonds is 7. The predicted molar refractivity (Wildman–Crippen MR) is 129 cm³/mol. The molecule has 0 saturated carbocycles. The Morgan fingerprint density at radius 2 is 2.09 bits per heavy atom. The van der Waals surface area contributed by atoms with Crippen molar-refractivity contribution in [3.05, 3.63) is 89.5 Å². The average Bonchev–Trinajstić information content (AvgIpc) is 3.55. The number of H-pyrrole nitrogens is 1. The first-order chi connectivity index (χ1) is 17.1. The number of nitrogens with one attached hydrogen (secondary N) is 1. The van der Waals surface area contributed by atoms with E-state index in [1.807, 2.05) is 37.3 Å². The lowest BCUT2D eigenvalue weighted by Crippen LogP contribution is -2.38. The van der Waals surface area contributed by atoms with E-state index in [9.17, 15) is 9.18 Å². The van der Waals surface area contributed by atoms with Crippen LogP contribution in [0.5, 0.6) is 5.75 Å². The fraction of sp³-hybridized carbons (Fsp3) is 0.296. The first kappa shape index (κ1) is 22.8. The number of halogens is 1. The highest BCUT2D eigenvalue weighted by Crippen LogP contribution is 2.33. The molecule has 1 atom stereocenters. The van der Waals surface area contributed by atoms with Gasteiger partial charge in [-0.2, -0.15) is 5.10 Å².